The summed E-state index contributed by atoms with van der Waals surface area (Å²) in [6.45, 7) is 5.98. The molecule has 0 aliphatic heterocycles. The molecule has 3 nitrogen and oxygen atoms in total. The van der Waals surface area contributed by atoms with Crippen LogP contribution in [0.25, 0.3) is 0 Å². The van der Waals surface area contributed by atoms with Crippen molar-refractivity contribution >= 4 is 12.6 Å². The Labute approximate surface area is 85.1 Å². The third kappa shape index (κ3) is 10.6. The fourth-order valence-corrected chi connectivity index (χ4v) is 0.476. The van der Waals surface area contributed by atoms with Crippen LogP contribution >= 0.6 is 0 Å². The molecular formula is C11H18O3. The molecule has 0 aliphatic carbocycles. The van der Waals surface area contributed by atoms with E-state index >= 15 is 0 Å². The molecule has 1 rings (SSSR count). The Hall–Kier alpha value is -1.38. The molecule has 0 aliphatic rings. The Bertz CT molecular complexity index is 202. The maximum absolute atomic E-state index is 9.77. The van der Waals surface area contributed by atoms with Crippen molar-refractivity contribution in [1.29, 1.82) is 0 Å². The van der Waals surface area contributed by atoms with Gasteiger partial charge in [0, 0.05) is 6.42 Å². The predicted octanol–water partition coefficient (Wildman–Crippen LogP) is 3.10. The predicted molar refractivity (Wildman–Crippen MR) is 56.4 cm³/mol. The maximum atomic E-state index is 9.77. The van der Waals surface area contributed by atoms with Gasteiger partial charge in [0.1, 0.15) is 6.29 Å². The minimum Gasteiger partial charge on any atom is -0.462 e. The highest BCUT2D eigenvalue weighted by atomic mass is 16.3. The van der Waals surface area contributed by atoms with Crippen LogP contribution in [0.1, 0.15) is 44.2 Å². The summed E-state index contributed by atoms with van der Waals surface area (Å²) in [5.74, 6) is 0.375. The van der Waals surface area contributed by atoms with E-state index < -0.39 is 0 Å². The minimum atomic E-state index is 0.375. The summed E-state index contributed by atoms with van der Waals surface area (Å²) in [6.07, 6.45) is 4.74. The average Bonchev–Trinajstić information content (AvgIpc) is 2.75. The second kappa shape index (κ2) is 14.2. The van der Waals surface area contributed by atoms with E-state index in [9.17, 15) is 9.59 Å². The zero-order chi connectivity index (χ0) is 11.2. The van der Waals surface area contributed by atoms with Crippen LogP contribution in [-0.2, 0) is 4.79 Å². The fourth-order valence-electron chi connectivity index (χ4n) is 0.476. The SMILES string of the molecule is CC.CCCC=O.O=Cc1ccco1. The molecule has 0 aromatic carbocycles. The normalized spacial score (nSPS) is 7.36. The van der Waals surface area contributed by atoms with Crippen molar-refractivity contribution in [1.82, 2.24) is 0 Å². The van der Waals surface area contributed by atoms with Gasteiger partial charge in [-0.1, -0.05) is 20.8 Å². The molecule has 0 saturated carbocycles. The van der Waals surface area contributed by atoms with Crippen LogP contribution < -0.4 is 0 Å². The summed E-state index contributed by atoms with van der Waals surface area (Å²) < 4.78 is 4.61. The number of furan rings is 1. The van der Waals surface area contributed by atoms with E-state index in [0.717, 1.165) is 12.7 Å². The lowest BCUT2D eigenvalue weighted by Crippen LogP contribution is -1.65. The number of carbonyl (C=O) groups is 2. The molecule has 0 saturated heterocycles. The van der Waals surface area contributed by atoms with Gasteiger partial charge in [-0.3, -0.25) is 4.79 Å². The summed E-state index contributed by atoms with van der Waals surface area (Å²) in [7, 11) is 0. The summed E-state index contributed by atoms with van der Waals surface area (Å²) in [6, 6.07) is 3.27. The third-order valence-electron chi connectivity index (χ3n) is 1.07. The van der Waals surface area contributed by atoms with Crippen LogP contribution in [0.2, 0.25) is 0 Å². The van der Waals surface area contributed by atoms with Gasteiger partial charge in [0.05, 0.1) is 6.26 Å². The standard InChI is InChI=1S/C5H4O2.C4H8O.C2H6/c6-4-5-2-1-3-7-5;1-2-3-4-5;1-2/h1-4H;4H,2-3H2,1H3;1-2H3. The Morgan fingerprint density at radius 3 is 2.14 bits per heavy atom. The summed E-state index contributed by atoms with van der Waals surface area (Å²) in [5, 5.41) is 0. The van der Waals surface area contributed by atoms with E-state index in [1.165, 1.54) is 6.26 Å². The largest absolute Gasteiger partial charge is 0.462 e. The zero-order valence-corrected chi connectivity index (χ0v) is 9.03. The van der Waals surface area contributed by atoms with E-state index in [-0.39, 0.29) is 0 Å². The second-order valence-corrected chi connectivity index (χ2v) is 2.09. The molecule has 1 heterocycles. The van der Waals surface area contributed by atoms with Crippen LogP contribution in [0.4, 0.5) is 0 Å². The number of rotatable bonds is 3. The van der Waals surface area contributed by atoms with Gasteiger partial charge in [0.25, 0.3) is 0 Å². The Kier molecular flexibility index (Phi) is 15.3. The molecule has 0 atom stereocenters. The average molecular weight is 198 g/mol. The molecule has 1 aromatic heterocycles. The van der Waals surface area contributed by atoms with Crippen molar-refractivity contribution in [2.45, 2.75) is 33.6 Å². The molecule has 0 radical (unpaired) electrons. The van der Waals surface area contributed by atoms with Crippen molar-refractivity contribution in [3.05, 3.63) is 24.2 Å². The van der Waals surface area contributed by atoms with Crippen molar-refractivity contribution < 1.29 is 14.0 Å². The number of aldehydes is 2. The van der Waals surface area contributed by atoms with E-state index in [1.54, 1.807) is 12.1 Å². The van der Waals surface area contributed by atoms with Gasteiger partial charge in [-0.05, 0) is 18.6 Å². The van der Waals surface area contributed by atoms with Crippen molar-refractivity contribution in [2.24, 2.45) is 0 Å². The highest BCUT2D eigenvalue weighted by molar-refractivity contribution is 5.69. The van der Waals surface area contributed by atoms with Gasteiger partial charge in [-0.2, -0.15) is 0 Å². The molecule has 0 fully saturated rings. The highest BCUT2D eigenvalue weighted by Gasteiger charge is 1.84. The van der Waals surface area contributed by atoms with Gasteiger partial charge in [-0.25, -0.2) is 0 Å². The van der Waals surface area contributed by atoms with Gasteiger partial charge in [0.2, 0.25) is 0 Å². The topological polar surface area (TPSA) is 47.3 Å². The lowest BCUT2D eigenvalue weighted by atomic mass is 10.4. The number of hydrogen-bond donors (Lipinski definition) is 0. The van der Waals surface area contributed by atoms with Crippen LogP contribution in [0.3, 0.4) is 0 Å². The molecule has 0 N–H and O–H groups in total. The summed E-state index contributed by atoms with van der Waals surface area (Å²) >= 11 is 0. The molecule has 0 spiro atoms. The van der Waals surface area contributed by atoms with E-state index in [2.05, 4.69) is 4.42 Å². The first-order valence-corrected chi connectivity index (χ1v) is 4.77. The lowest BCUT2D eigenvalue weighted by Gasteiger charge is -1.68. The molecule has 0 amide bonds. The third-order valence-corrected chi connectivity index (χ3v) is 1.07. The monoisotopic (exact) mass is 198 g/mol. The first-order chi connectivity index (χ1) is 6.85. The number of hydrogen-bond acceptors (Lipinski definition) is 3. The quantitative estimate of drug-likeness (QED) is 0.701. The van der Waals surface area contributed by atoms with Crippen LogP contribution in [-0.4, -0.2) is 12.6 Å². The van der Waals surface area contributed by atoms with E-state index in [0.29, 0.717) is 18.5 Å². The Balaban J connectivity index is 0. The molecule has 0 bridgehead atoms. The molecule has 3 heteroatoms. The van der Waals surface area contributed by atoms with Gasteiger partial charge < -0.3 is 9.21 Å². The molecule has 14 heavy (non-hydrogen) atoms. The van der Waals surface area contributed by atoms with Crippen molar-refractivity contribution in [2.75, 3.05) is 0 Å². The van der Waals surface area contributed by atoms with Gasteiger partial charge in [-0.15, -0.1) is 0 Å². The Morgan fingerprint density at radius 1 is 1.36 bits per heavy atom. The second-order valence-electron chi connectivity index (χ2n) is 2.09. The molecule has 1 aromatic rings. The van der Waals surface area contributed by atoms with Gasteiger partial charge in [0.15, 0.2) is 12.0 Å². The summed E-state index contributed by atoms with van der Waals surface area (Å²) in [4.78, 5) is 19.2. The zero-order valence-electron chi connectivity index (χ0n) is 9.03. The number of unbranched alkanes of at least 4 members (excludes halogenated alkanes) is 1. The van der Waals surface area contributed by atoms with E-state index in [1.807, 2.05) is 20.8 Å². The van der Waals surface area contributed by atoms with Crippen LogP contribution in [0.15, 0.2) is 22.8 Å². The summed E-state index contributed by atoms with van der Waals surface area (Å²) in [5.41, 5.74) is 0. The van der Waals surface area contributed by atoms with Crippen LogP contribution in [0.5, 0.6) is 0 Å². The first-order valence-electron chi connectivity index (χ1n) is 4.77. The first kappa shape index (κ1) is 15.1. The fraction of sp³-hybridized carbons (Fsp3) is 0.455. The van der Waals surface area contributed by atoms with Crippen molar-refractivity contribution in [3.8, 4) is 0 Å². The van der Waals surface area contributed by atoms with E-state index in [4.69, 9.17) is 0 Å². The van der Waals surface area contributed by atoms with Crippen molar-refractivity contribution in [3.63, 3.8) is 0 Å². The smallest absolute Gasteiger partial charge is 0.185 e. The lowest BCUT2D eigenvalue weighted by molar-refractivity contribution is -0.107. The molecule has 0 unspecified atom stereocenters. The number of carbonyl (C=O) groups excluding carboxylic acids is 2. The minimum absolute atomic E-state index is 0.375. The van der Waals surface area contributed by atoms with Gasteiger partial charge >= 0.3 is 0 Å². The maximum Gasteiger partial charge on any atom is 0.185 e. The molecule has 80 valence electrons. The highest BCUT2D eigenvalue weighted by Crippen LogP contribution is 1.92. The Morgan fingerprint density at radius 2 is 2.00 bits per heavy atom. The molecular weight excluding hydrogens is 180 g/mol. The van der Waals surface area contributed by atoms with Crippen LogP contribution in [0, 0.1) is 0 Å².